The van der Waals surface area contributed by atoms with Crippen LogP contribution in [0.3, 0.4) is 0 Å². The molecule has 2 aromatic rings. The standard InChI is InChI=1S/C20H22FN3O2S/c21-17-5-1-2-6-18(17)23-9-11-24(12-10-23)20(25)16-4-3-8-22-19(16)26-15-7-13-27-14-15/h1-6,8,15H,7,9-14H2/t15-/m0/s1. The van der Waals surface area contributed by atoms with Crippen molar-refractivity contribution < 1.29 is 13.9 Å². The molecule has 2 aliphatic heterocycles. The second-order valence-corrected chi connectivity index (χ2v) is 7.84. The smallest absolute Gasteiger partial charge is 0.259 e. The fourth-order valence-electron chi connectivity index (χ4n) is 3.44. The molecule has 0 bridgehead atoms. The van der Waals surface area contributed by atoms with Crippen molar-refractivity contribution in [3.8, 4) is 5.88 Å². The molecule has 3 heterocycles. The van der Waals surface area contributed by atoms with Gasteiger partial charge in [0.2, 0.25) is 5.88 Å². The van der Waals surface area contributed by atoms with Gasteiger partial charge in [0.15, 0.2) is 0 Å². The molecule has 0 saturated carbocycles. The molecule has 1 amide bonds. The molecule has 142 valence electrons. The number of carbonyl (C=O) groups is 1. The summed E-state index contributed by atoms with van der Waals surface area (Å²) in [6.45, 7) is 2.28. The van der Waals surface area contributed by atoms with Gasteiger partial charge in [0.1, 0.15) is 17.5 Å². The molecule has 27 heavy (non-hydrogen) atoms. The highest BCUT2D eigenvalue weighted by Crippen LogP contribution is 2.26. The second kappa shape index (κ2) is 8.17. The van der Waals surface area contributed by atoms with Crippen LogP contribution >= 0.6 is 11.8 Å². The molecular formula is C20H22FN3O2S. The zero-order valence-corrected chi connectivity index (χ0v) is 15.8. The van der Waals surface area contributed by atoms with Gasteiger partial charge < -0.3 is 14.5 Å². The minimum Gasteiger partial charge on any atom is -0.473 e. The highest BCUT2D eigenvalue weighted by molar-refractivity contribution is 7.99. The summed E-state index contributed by atoms with van der Waals surface area (Å²) in [6.07, 6.45) is 2.76. The van der Waals surface area contributed by atoms with Crippen LogP contribution in [0.1, 0.15) is 16.8 Å². The molecule has 0 radical (unpaired) electrons. The van der Waals surface area contributed by atoms with Gasteiger partial charge in [0.25, 0.3) is 5.91 Å². The molecule has 7 heteroatoms. The SMILES string of the molecule is O=C(c1cccnc1O[C@H]1CCSC1)N1CCN(c2ccccc2F)CC1. The Hall–Kier alpha value is -2.28. The van der Waals surface area contributed by atoms with E-state index in [0.717, 1.165) is 17.9 Å². The Bertz CT molecular complexity index is 805. The van der Waals surface area contributed by atoms with Gasteiger partial charge in [-0.2, -0.15) is 11.8 Å². The van der Waals surface area contributed by atoms with E-state index in [2.05, 4.69) is 4.98 Å². The Morgan fingerprint density at radius 2 is 1.96 bits per heavy atom. The first-order valence-corrected chi connectivity index (χ1v) is 10.4. The van der Waals surface area contributed by atoms with Crippen LogP contribution in [0.4, 0.5) is 10.1 Å². The van der Waals surface area contributed by atoms with E-state index in [1.54, 1.807) is 35.4 Å². The van der Waals surface area contributed by atoms with E-state index in [9.17, 15) is 9.18 Å². The zero-order chi connectivity index (χ0) is 18.6. The zero-order valence-electron chi connectivity index (χ0n) is 15.0. The lowest BCUT2D eigenvalue weighted by molar-refractivity contribution is 0.0738. The first-order chi connectivity index (χ1) is 13.2. The Kier molecular flexibility index (Phi) is 5.48. The summed E-state index contributed by atoms with van der Waals surface area (Å²) in [4.78, 5) is 21.1. The van der Waals surface area contributed by atoms with Crippen LogP contribution < -0.4 is 9.64 Å². The Morgan fingerprint density at radius 1 is 1.15 bits per heavy atom. The third-order valence-electron chi connectivity index (χ3n) is 4.93. The number of ether oxygens (including phenoxy) is 1. The van der Waals surface area contributed by atoms with Gasteiger partial charge in [-0.3, -0.25) is 4.79 Å². The number of piperazine rings is 1. The van der Waals surface area contributed by atoms with E-state index in [4.69, 9.17) is 4.74 Å². The Balaban J connectivity index is 1.43. The summed E-state index contributed by atoms with van der Waals surface area (Å²) in [5.41, 5.74) is 1.10. The van der Waals surface area contributed by atoms with Crippen LogP contribution in [-0.2, 0) is 0 Å². The molecule has 1 aromatic heterocycles. The molecule has 4 rings (SSSR count). The molecule has 1 aromatic carbocycles. The van der Waals surface area contributed by atoms with Crippen LogP contribution in [0, 0.1) is 5.82 Å². The minimum absolute atomic E-state index is 0.0723. The maximum atomic E-state index is 14.0. The average molecular weight is 387 g/mol. The van der Waals surface area contributed by atoms with Crippen molar-refractivity contribution in [1.82, 2.24) is 9.88 Å². The summed E-state index contributed by atoms with van der Waals surface area (Å²) in [7, 11) is 0. The van der Waals surface area contributed by atoms with E-state index in [-0.39, 0.29) is 17.8 Å². The summed E-state index contributed by atoms with van der Waals surface area (Å²) in [5.74, 6) is 2.14. The Labute approximate surface area is 162 Å². The quantitative estimate of drug-likeness (QED) is 0.807. The molecule has 0 spiro atoms. The van der Waals surface area contributed by atoms with Crippen molar-refractivity contribution in [3.05, 3.63) is 54.0 Å². The molecule has 2 fully saturated rings. The number of carbonyl (C=O) groups excluding carboxylic acids is 1. The monoisotopic (exact) mass is 387 g/mol. The first kappa shape index (κ1) is 18.1. The maximum absolute atomic E-state index is 14.0. The van der Waals surface area contributed by atoms with Gasteiger partial charge in [-0.15, -0.1) is 0 Å². The van der Waals surface area contributed by atoms with Crippen molar-refractivity contribution in [3.63, 3.8) is 0 Å². The van der Waals surface area contributed by atoms with E-state index in [1.165, 1.54) is 6.07 Å². The minimum atomic E-state index is -0.227. The van der Waals surface area contributed by atoms with Crippen LogP contribution in [-0.4, -0.2) is 59.6 Å². The van der Waals surface area contributed by atoms with Crippen LogP contribution in [0.25, 0.3) is 0 Å². The third-order valence-corrected chi connectivity index (χ3v) is 6.06. The number of benzene rings is 1. The fourth-order valence-corrected chi connectivity index (χ4v) is 4.53. The lowest BCUT2D eigenvalue weighted by atomic mass is 10.2. The molecule has 0 aliphatic carbocycles. The fraction of sp³-hybridized carbons (Fsp3) is 0.400. The van der Waals surface area contributed by atoms with Crippen molar-refractivity contribution in [1.29, 1.82) is 0 Å². The highest BCUT2D eigenvalue weighted by atomic mass is 32.2. The van der Waals surface area contributed by atoms with Gasteiger partial charge in [0.05, 0.1) is 5.69 Å². The lowest BCUT2D eigenvalue weighted by Crippen LogP contribution is -2.49. The summed E-state index contributed by atoms with van der Waals surface area (Å²) >= 11 is 1.86. The number of amides is 1. The number of thioether (sulfide) groups is 1. The van der Waals surface area contributed by atoms with E-state index in [0.29, 0.717) is 43.3 Å². The van der Waals surface area contributed by atoms with Crippen molar-refractivity contribution in [2.75, 3.05) is 42.6 Å². The maximum Gasteiger partial charge on any atom is 0.259 e. The summed E-state index contributed by atoms with van der Waals surface area (Å²) in [6, 6.07) is 10.3. The van der Waals surface area contributed by atoms with E-state index in [1.807, 2.05) is 22.7 Å². The number of pyridine rings is 1. The van der Waals surface area contributed by atoms with Crippen molar-refractivity contribution in [2.24, 2.45) is 0 Å². The molecule has 0 N–H and O–H groups in total. The van der Waals surface area contributed by atoms with Gasteiger partial charge in [0, 0.05) is 38.1 Å². The van der Waals surface area contributed by atoms with Gasteiger partial charge in [-0.25, -0.2) is 9.37 Å². The van der Waals surface area contributed by atoms with Crippen LogP contribution in [0.2, 0.25) is 0 Å². The van der Waals surface area contributed by atoms with Crippen LogP contribution in [0.5, 0.6) is 5.88 Å². The number of aromatic nitrogens is 1. The van der Waals surface area contributed by atoms with Crippen molar-refractivity contribution >= 4 is 23.4 Å². The molecular weight excluding hydrogens is 365 g/mol. The number of hydrogen-bond acceptors (Lipinski definition) is 5. The molecule has 5 nitrogen and oxygen atoms in total. The first-order valence-electron chi connectivity index (χ1n) is 9.20. The van der Waals surface area contributed by atoms with Gasteiger partial charge in [-0.05, 0) is 36.4 Å². The normalized spacial score (nSPS) is 20.0. The number of para-hydroxylation sites is 1. The largest absolute Gasteiger partial charge is 0.473 e. The number of nitrogens with zero attached hydrogens (tertiary/aromatic N) is 3. The number of hydrogen-bond donors (Lipinski definition) is 0. The van der Waals surface area contributed by atoms with E-state index >= 15 is 0 Å². The van der Waals surface area contributed by atoms with Crippen LogP contribution in [0.15, 0.2) is 42.6 Å². The number of anilines is 1. The van der Waals surface area contributed by atoms with Gasteiger partial charge >= 0.3 is 0 Å². The molecule has 0 unspecified atom stereocenters. The highest BCUT2D eigenvalue weighted by Gasteiger charge is 2.27. The van der Waals surface area contributed by atoms with Crippen molar-refractivity contribution in [2.45, 2.75) is 12.5 Å². The Morgan fingerprint density at radius 3 is 2.70 bits per heavy atom. The molecule has 2 aliphatic rings. The third kappa shape index (κ3) is 4.03. The number of halogens is 1. The predicted octanol–water partition coefficient (Wildman–Crippen LogP) is 3.07. The van der Waals surface area contributed by atoms with Gasteiger partial charge in [-0.1, -0.05) is 12.1 Å². The second-order valence-electron chi connectivity index (χ2n) is 6.69. The molecule has 1 atom stereocenters. The summed E-state index contributed by atoms with van der Waals surface area (Å²) in [5, 5.41) is 0. The average Bonchev–Trinajstić information content (AvgIpc) is 3.22. The molecule has 2 saturated heterocycles. The lowest BCUT2D eigenvalue weighted by Gasteiger charge is -2.36. The topological polar surface area (TPSA) is 45.7 Å². The summed E-state index contributed by atoms with van der Waals surface area (Å²) < 4.78 is 20.0. The predicted molar refractivity (Wildman–Crippen MR) is 105 cm³/mol. The van der Waals surface area contributed by atoms with E-state index < -0.39 is 0 Å². The number of rotatable bonds is 4.